The molecular weight excluding hydrogens is 476 g/mol. The van der Waals surface area contributed by atoms with E-state index in [-0.39, 0.29) is 31.3 Å². The van der Waals surface area contributed by atoms with Gasteiger partial charge in [0.1, 0.15) is 11.2 Å². The molecule has 0 saturated heterocycles. The smallest absolute Gasteiger partial charge is 0.332 e. The van der Waals surface area contributed by atoms with Gasteiger partial charge < -0.3 is 10.2 Å². The molecule has 8 nitrogen and oxygen atoms in total. The van der Waals surface area contributed by atoms with Crippen molar-refractivity contribution < 1.29 is 9.59 Å². The van der Waals surface area contributed by atoms with Crippen molar-refractivity contribution in [3.8, 4) is 0 Å². The van der Waals surface area contributed by atoms with E-state index in [4.69, 9.17) is 0 Å². The number of hydrogen-bond donors (Lipinski definition) is 1. The summed E-state index contributed by atoms with van der Waals surface area (Å²) in [7, 11) is 1.65. The summed E-state index contributed by atoms with van der Waals surface area (Å²) in [4.78, 5) is 53.0. The summed E-state index contributed by atoms with van der Waals surface area (Å²) < 4.78 is 2.88. The number of hydrogen-bond acceptors (Lipinski definition) is 5. The molecule has 0 saturated carbocycles. The molecule has 0 aliphatic heterocycles. The predicted octanol–water partition coefficient (Wildman–Crippen LogP) is 3.29. The van der Waals surface area contributed by atoms with E-state index < -0.39 is 11.2 Å². The highest BCUT2D eigenvalue weighted by Crippen LogP contribution is 2.17. The highest BCUT2D eigenvalue weighted by molar-refractivity contribution is 7.17. The molecule has 4 aromatic rings. The SMILES string of the molecule is Cc1ccc(CNC(=O)CCCn2c(=O)c3sccc3n(CC(=O)N(C)c3ccccc3)c2=O)cc1. The average molecular weight is 505 g/mol. The molecule has 0 atom stereocenters. The maximum absolute atomic E-state index is 13.3. The van der Waals surface area contributed by atoms with Crippen LogP contribution in [0, 0.1) is 6.92 Å². The van der Waals surface area contributed by atoms with Crippen molar-refractivity contribution in [1.29, 1.82) is 0 Å². The lowest BCUT2D eigenvalue weighted by Gasteiger charge is -2.19. The zero-order chi connectivity index (χ0) is 25.7. The third-order valence-electron chi connectivity index (χ3n) is 6.04. The second-order valence-electron chi connectivity index (χ2n) is 8.61. The molecule has 0 fully saturated rings. The number of carbonyl (C=O) groups excluding carboxylic acids is 2. The fourth-order valence-corrected chi connectivity index (χ4v) is 4.76. The Labute approximate surface area is 212 Å². The third-order valence-corrected chi connectivity index (χ3v) is 6.93. The number of benzene rings is 2. The maximum atomic E-state index is 13.3. The molecule has 2 heterocycles. The topological polar surface area (TPSA) is 93.4 Å². The van der Waals surface area contributed by atoms with Gasteiger partial charge in [-0.05, 0) is 42.5 Å². The van der Waals surface area contributed by atoms with Crippen LogP contribution in [-0.4, -0.2) is 28.0 Å². The van der Waals surface area contributed by atoms with Gasteiger partial charge in [0.2, 0.25) is 11.8 Å². The number of anilines is 1. The molecule has 0 spiro atoms. The van der Waals surface area contributed by atoms with Crippen LogP contribution in [0.4, 0.5) is 5.69 Å². The first-order valence-corrected chi connectivity index (χ1v) is 12.6. The van der Waals surface area contributed by atoms with Crippen molar-refractivity contribution in [2.24, 2.45) is 0 Å². The number of amides is 2. The van der Waals surface area contributed by atoms with E-state index in [9.17, 15) is 19.2 Å². The zero-order valence-corrected chi connectivity index (χ0v) is 21.1. The van der Waals surface area contributed by atoms with Gasteiger partial charge in [-0.1, -0.05) is 48.0 Å². The van der Waals surface area contributed by atoms with Crippen molar-refractivity contribution in [3.63, 3.8) is 0 Å². The Morgan fingerprint density at radius 2 is 1.69 bits per heavy atom. The zero-order valence-electron chi connectivity index (χ0n) is 20.3. The van der Waals surface area contributed by atoms with Crippen molar-refractivity contribution in [2.75, 3.05) is 11.9 Å². The molecule has 0 unspecified atom stereocenters. The molecule has 2 amide bonds. The standard InChI is InChI=1S/C27H28N4O4S/c1-19-10-12-20(13-11-19)17-28-23(32)9-6-15-30-26(34)25-22(14-16-36-25)31(27(30)35)18-24(33)29(2)21-7-4-3-5-8-21/h3-5,7-8,10-14,16H,6,9,15,17-18H2,1-2H3,(H,28,32). The van der Waals surface area contributed by atoms with Crippen LogP contribution >= 0.6 is 11.3 Å². The second-order valence-corrected chi connectivity index (χ2v) is 9.53. The monoisotopic (exact) mass is 504 g/mol. The number of nitrogens with zero attached hydrogens (tertiary/aromatic N) is 3. The number of para-hydroxylation sites is 1. The molecule has 36 heavy (non-hydrogen) atoms. The fourth-order valence-electron chi connectivity index (χ4n) is 3.91. The summed E-state index contributed by atoms with van der Waals surface area (Å²) in [6, 6.07) is 18.7. The van der Waals surface area contributed by atoms with E-state index in [2.05, 4.69) is 5.32 Å². The molecule has 2 aromatic carbocycles. The Bertz CT molecular complexity index is 1490. The molecule has 2 aromatic heterocycles. The van der Waals surface area contributed by atoms with Gasteiger partial charge in [0, 0.05) is 32.2 Å². The van der Waals surface area contributed by atoms with E-state index in [1.165, 1.54) is 20.8 Å². The van der Waals surface area contributed by atoms with E-state index in [1.54, 1.807) is 18.5 Å². The number of likely N-dealkylation sites (N-methyl/N-ethyl adjacent to an activating group) is 1. The predicted molar refractivity (Wildman–Crippen MR) is 142 cm³/mol. The Kier molecular flexibility index (Phi) is 7.80. The van der Waals surface area contributed by atoms with Crippen molar-refractivity contribution in [1.82, 2.24) is 14.5 Å². The normalized spacial score (nSPS) is 10.9. The average Bonchev–Trinajstić information content (AvgIpc) is 3.38. The van der Waals surface area contributed by atoms with Crippen LogP contribution in [-0.2, 0) is 29.2 Å². The Morgan fingerprint density at radius 3 is 2.42 bits per heavy atom. The lowest BCUT2D eigenvalue weighted by atomic mass is 10.1. The minimum atomic E-state index is -0.555. The summed E-state index contributed by atoms with van der Waals surface area (Å²) in [6.45, 7) is 2.31. The molecule has 4 rings (SSSR count). The third kappa shape index (κ3) is 5.63. The maximum Gasteiger partial charge on any atom is 0.332 e. The molecule has 186 valence electrons. The summed E-state index contributed by atoms with van der Waals surface area (Å²) in [5, 5.41) is 4.60. The van der Waals surface area contributed by atoms with Gasteiger partial charge in [-0.2, -0.15) is 0 Å². The van der Waals surface area contributed by atoms with Gasteiger partial charge in [0.25, 0.3) is 5.56 Å². The van der Waals surface area contributed by atoms with Crippen LogP contribution in [0.5, 0.6) is 0 Å². The Morgan fingerprint density at radius 1 is 0.972 bits per heavy atom. The van der Waals surface area contributed by atoms with E-state index in [0.717, 1.165) is 15.7 Å². The number of carbonyl (C=O) groups is 2. The van der Waals surface area contributed by atoms with Gasteiger partial charge in [-0.3, -0.25) is 23.5 Å². The van der Waals surface area contributed by atoms with Gasteiger partial charge in [0.05, 0.1) is 5.52 Å². The second kappa shape index (κ2) is 11.2. The highest BCUT2D eigenvalue weighted by atomic mass is 32.1. The lowest BCUT2D eigenvalue weighted by molar-refractivity contribution is -0.121. The molecule has 0 bridgehead atoms. The van der Waals surface area contributed by atoms with Gasteiger partial charge in [-0.15, -0.1) is 11.3 Å². The first-order valence-electron chi connectivity index (χ1n) is 11.7. The molecule has 0 aliphatic rings. The summed E-state index contributed by atoms with van der Waals surface area (Å²) in [6.07, 6.45) is 0.500. The Hall–Kier alpha value is -3.98. The van der Waals surface area contributed by atoms with Crippen LogP contribution < -0.4 is 21.5 Å². The van der Waals surface area contributed by atoms with Gasteiger partial charge in [0.15, 0.2) is 0 Å². The number of aryl methyl sites for hydroxylation is 1. The fraction of sp³-hybridized carbons (Fsp3) is 0.259. The van der Waals surface area contributed by atoms with Gasteiger partial charge >= 0.3 is 5.69 Å². The van der Waals surface area contributed by atoms with E-state index >= 15 is 0 Å². The first-order chi connectivity index (χ1) is 17.3. The van der Waals surface area contributed by atoms with Crippen LogP contribution in [0.15, 0.2) is 75.6 Å². The van der Waals surface area contributed by atoms with E-state index in [0.29, 0.717) is 28.9 Å². The molecule has 0 aliphatic carbocycles. The number of thiophene rings is 1. The van der Waals surface area contributed by atoms with Crippen molar-refractivity contribution in [2.45, 2.75) is 39.4 Å². The van der Waals surface area contributed by atoms with Crippen molar-refractivity contribution in [3.05, 3.63) is 98.0 Å². The van der Waals surface area contributed by atoms with Crippen LogP contribution in [0.1, 0.15) is 24.0 Å². The van der Waals surface area contributed by atoms with Gasteiger partial charge in [-0.25, -0.2) is 4.79 Å². The number of fused-ring (bicyclic) bond motifs is 1. The molecular formula is C27H28N4O4S. The minimum absolute atomic E-state index is 0.0895. The first kappa shape index (κ1) is 25.1. The van der Waals surface area contributed by atoms with Crippen LogP contribution in [0.2, 0.25) is 0 Å². The molecule has 1 N–H and O–H groups in total. The van der Waals surface area contributed by atoms with Crippen LogP contribution in [0.3, 0.4) is 0 Å². The van der Waals surface area contributed by atoms with Crippen LogP contribution in [0.25, 0.3) is 10.2 Å². The highest BCUT2D eigenvalue weighted by Gasteiger charge is 2.19. The number of nitrogens with one attached hydrogen (secondary N) is 1. The van der Waals surface area contributed by atoms with E-state index in [1.807, 2.05) is 61.5 Å². The minimum Gasteiger partial charge on any atom is -0.352 e. The molecule has 0 radical (unpaired) electrons. The summed E-state index contributed by atoms with van der Waals surface area (Å²) in [5.74, 6) is -0.433. The van der Waals surface area contributed by atoms with Crippen molar-refractivity contribution >= 4 is 39.1 Å². The summed E-state index contributed by atoms with van der Waals surface area (Å²) in [5.41, 5.74) is 2.35. The largest absolute Gasteiger partial charge is 0.352 e. The Balaban J connectivity index is 1.46. The molecule has 9 heteroatoms. The number of aromatic nitrogens is 2. The summed E-state index contributed by atoms with van der Waals surface area (Å²) >= 11 is 1.23. The quantitative estimate of drug-likeness (QED) is 0.379. The number of rotatable bonds is 9. The lowest BCUT2D eigenvalue weighted by Crippen LogP contribution is -2.42.